The molecule has 0 unspecified atom stereocenters. The molecule has 0 atom stereocenters. The summed E-state index contributed by atoms with van der Waals surface area (Å²) in [6, 6.07) is 12.2. The Kier molecular flexibility index (Phi) is 13.3. The Morgan fingerprint density at radius 2 is 1.68 bits per heavy atom. The summed E-state index contributed by atoms with van der Waals surface area (Å²) < 4.78 is 11.7. The third kappa shape index (κ3) is 8.89. The first-order valence-corrected chi connectivity index (χ1v) is 9.36. The first-order valence-electron chi connectivity index (χ1n) is 8.98. The third-order valence-corrected chi connectivity index (χ3v) is 4.22. The number of aryl methyl sites for hydroxylation is 1. The molecule has 0 radical (unpaired) electrons. The first kappa shape index (κ1) is 26.8. The molecule has 0 bridgehead atoms. The van der Waals surface area contributed by atoms with Gasteiger partial charge in [-0.2, -0.15) is 0 Å². The minimum Gasteiger partial charge on any atom is -0.490 e. The van der Waals surface area contributed by atoms with E-state index in [4.69, 9.17) is 21.1 Å². The molecule has 2 aromatic carbocycles. The van der Waals surface area contributed by atoms with Crippen molar-refractivity contribution in [2.45, 2.75) is 27.0 Å². The fraction of sp³-hybridized carbons (Fsp3) is 0.429. The summed E-state index contributed by atoms with van der Waals surface area (Å²) in [6.07, 6.45) is 0. The average Bonchev–Trinajstić information content (AvgIpc) is 2.59. The van der Waals surface area contributed by atoms with Gasteiger partial charge in [-0.3, -0.25) is 0 Å². The number of ether oxygens (including phenoxy) is 2. The second-order valence-electron chi connectivity index (χ2n) is 6.59. The van der Waals surface area contributed by atoms with Crippen molar-refractivity contribution in [1.29, 1.82) is 0 Å². The third-order valence-electron chi connectivity index (χ3n) is 3.94. The lowest BCUT2D eigenvalue weighted by Crippen LogP contribution is -2.26. The highest BCUT2D eigenvalue weighted by atomic mass is 35.5. The lowest BCUT2D eigenvalue weighted by atomic mass is 10.1. The molecule has 0 heterocycles. The molecule has 28 heavy (non-hydrogen) atoms. The van der Waals surface area contributed by atoms with E-state index in [-0.39, 0.29) is 24.8 Å². The second-order valence-corrected chi connectivity index (χ2v) is 7.00. The number of nitrogens with one attached hydrogen (secondary N) is 1. The van der Waals surface area contributed by atoms with Crippen LogP contribution in [-0.2, 0) is 13.2 Å². The molecule has 0 fully saturated rings. The average molecular weight is 450 g/mol. The van der Waals surface area contributed by atoms with Gasteiger partial charge in [0, 0.05) is 19.6 Å². The largest absolute Gasteiger partial charge is 0.490 e. The Balaban J connectivity index is 0.00000364. The van der Waals surface area contributed by atoms with Gasteiger partial charge < -0.3 is 19.7 Å². The topological polar surface area (TPSA) is 33.7 Å². The number of hydrogen-bond acceptors (Lipinski definition) is 4. The Labute approximate surface area is 186 Å². The fourth-order valence-corrected chi connectivity index (χ4v) is 2.79. The van der Waals surface area contributed by atoms with Gasteiger partial charge in [-0.05, 0) is 51.2 Å². The van der Waals surface area contributed by atoms with Crippen molar-refractivity contribution in [1.82, 2.24) is 10.2 Å². The van der Waals surface area contributed by atoms with Gasteiger partial charge in [0.2, 0.25) is 0 Å². The van der Waals surface area contributed by atoms with Gasteiger partial charge in [0.15, 0.2) is 11.5 Å². The van der Waals surface area contributed by atoms with Crippen LogP contribution in [-0.4, -0.2) is 38.7 Å². The molecule has 0 aliphatic heterocycles. The maximum absolute atomic E-state index is 6.48. The van der Waals surface area contributed by atoms with E-state index in [9.17, 15) is 0 Å². The lowest BCUT2D eigenvalue weighted by Gasteiger charge is -2.16. The Morgan fingerprint density at radius 1 is 1.00 bits per heavy atom. The Morgan fingerprint density at radius 3 is 2.29 bits per heavy atom. The maximum atomic E-state index is 6.48. The van der Waals surface area contributed by atoms with Crippen LogP contribution in [0.1, 0.15) is 23.6 Å². The number of likely N-dealkylation sites (N-methyl/N-ethyl adjacent to an activating group) is 1. The van der Waals surface area contributed by atoms with Gasteiger partial charge in [0.25, 0.3) is 0 Å². The summed E-state index contributed by atoms with van der Waals surface area (Å²) in [5.41, 5.74) is 3.41. The molecule has 2 rings (SSSR count). The van der Waals surface area contributed by atoms with Crippen LogP contribution in [0, 0.1) is 6.92 Å². The van der Waals surface area contributed by atoms with Gasteiger partial charge in [0.1, 0.15) is 6.61 Å². The van der Waals surface area contributed by atoms with Gasteiger partial charge >= 0.3 is 0 Å². The van der Waals surface area contributed by atoms with Crippen molar-refractivity contribution in [2.75, 3.05) is 33.8 Å². The molecule has 0 amide bonds. The van der Waals surface area contributed by atoms with Crippen LogP contribution in [0.3, 0.4) is 0 Å². The summed E-state index contributed by atoms with van der Waals surface area (Å²) >= 11 is 6.48. The maximum Gasteiger partial charge on any atom is 0.180 e. The summed E-state index contributed by atoms with van der Waals surface area (Å²) in [7, 11) is 4.12. The molecular weight excluding hydrogens is 419 g/mol. The molecule has 0 spiro atoms. The number of nitrogens with zero attached hydrogens (tertiary/aromatic N) is 1. The van der Waals surface area contributed by atoms with E-state index in [0.717, 1.165) is 30.8 Å². The molecule has 0 saturated carbocycles. The van der Waals surface area contributed by atoms with Crippen molar-refractivity contribution in [2.24, 2.45) is 0 Å². The van der Waals surface area contributed by atoms with Gasteiger partial charge in [-0.15, -0.1) is 24.8 Å². The van der Waals surface area contributed by atoms with Crippen LogP contribution in [0.15, 0.2) is 36.4 Å². The molecule has 4 nitrogen and oxygen atoms in total. The van der Waals surface area contributed by atoms with Gasteiger partial charge in [0.05, 0.1) is 11.6 Å². The summed E-state index contributed by atoms with van der Waals surface area (Å²) in [5, 5.41) is 3.99. The highest BCUT2D eigenvalue weighted by Crippen LogP contribution is 2.37. The molecule has 0 aliphatic carbocycles. The molecule has 158 valence electrons. The fourth-order valence-electron chi connectivity index (χ4n) is 2.50. The zero-order chi connectivity index (χ0) is 18.9. The zero-order valence-corrected chi connectivity index (χ0v) is 19.3. The van der Waals surface area contributed by atoms with Gasteiger partial charge in [-0.25, -0.2) is 0 Å². The molecule has 0 aromatic heterocycles. The van der Waals surface area contributed by atoms with Crippen molar-refractivity contribution in [3.05, 3.63) is 58.1 Å². The van der Waals surface area contributed by atoms with E-state index in [1.165, 1.54) is 5.56 Å². The smallest absolute Gasteiger partial charge is 0.180 e. The van der Waals surface area contributed by atoms with E-state index in [2.05, 4.69) is 55.5 Å². The summed E-state index contributed by atoms with van der Waals surface area (Å²) in [4.78, 5) is 2.15. The molecule has 2 aromatic rings. The van der Waals surface area contributed by atoms with Crippen LogP contribution >= 0.6 is 36.4 Å². The number of benzene rings is 2. The van der Waals surface area contributed by atoms with Crippen LogP contribution in [0.25, 0.3) is 0 Å². The van der Waals surface area contributed by atoms with Crippen LogP contribution in [0.5, 0.6) is 11.5 Å². The monoisotopic (exact) mass is 448 g/mol. The van der Waals surface area contributed by atoms with E-state index in [1.807, 2.05) is 19.1 Å². The van der Waals surface area contributed by atoms with E-state index < -0.39 is 0 Å². The predicted molar refractivity (Wildman–Crippen MR) is 123 cm³/mol. The highest BCUT2D eigenvalue weighted by molar-refractivity contribution is 6.32. The van der Waals surface area contributed by atoms with Gasteiger partial charge in [-0.1, -0.05) is 41.4 Å². The van der Waals surface area contributed by atoms with Crippen molar-refractivity contribution < 1.29 is 9.47 Å². The van der Waals surface area contributed by atoms with E-state index in [0.29, 0.717) is 29.7 Å². The normalized spacial score (nSPS) is 10.2. The Hall–Kier alpha value is -1.17. The molecule has 1 N–H and O–H groups in total. The molecule has 0 aliphatic rings. The number of rotatable bonds is 10. The summed E-state index contributed by atoms with van der Waals surface area (Å²) in [6.45, 7) is 7.70. The second kappa shape index (κ2) is 13.9. The van der Waals surface area contributed by atoms with Crippen LogP contribution in [0.2, 0.25) is 5.02 Å². The first-order chi connectivity index (χ1) is 12.5. The number of hydrogen-bond donors (Lipinski definition) is 1. The Bertz CT molecular complexity index is 695. The van der Waals surface area contributed by atoms with E-state index in [1.54, 1.807) is 0 Å². The van der Waals surface area contributed by atoms with Crippen LogP contribution in [0.4, 0.5) is 0 Å². The minimum atomic E-state index is 0. The molecule has 7 heteroatoms. The number of halogens is 3. The SMILES string of the molecule is CCOc1cc(CNCCN(C)C)cc(Cl)c1OCc1ccc(C)cc1.Cl.Cl. The van der Waals surface area contributed by atoms with Crippen molar-refractivity contribution in [3.8, 4) is 11.5 Å². The molecule has 0 saturated heterocycles. The van der Waals surface area contributed by atoms with Crippen molar-refractivity contribution in [3.63, 3.8) is 0 Å². The minimum absolute atomic E-state index is 0. The highest BCUT2D eigenvalue weighted by Gasteiger charge is 2.13. The summed E-state index contributed by atoms with van der Waals surface area (Å²) in [5.74, 6) is 1.29. The quantitative estimate of drug-likeness (QED) is 0.510. The van der Waals surface area contributed by atoms with Crippen molar-refractivity contribution >= 4 is 36.4 Å². The zero-order valence-electron chi connectivity index (χ0n) is 17.0. The molecular formula is C21H31Cl3N2O2. The lowest BCUT2D eigenvalue weighted by molar-refractivity contribution is 0.269. The predicted octanol–water partition coefficient (Wildman–Crippen LogP) is 5.12. The van der Waals surface area contributed by atoms with Crippen LogP contribution < -0.4 is 14.8 Å². The van der Waals surface area contributed by atoms with E-state index >= 15 is 0 Å². The standard InChI is InChI=1S/C21H29ClN2O2.2ClH/c1-5-25-20-13-18(14-23-10-11-24(3)4)12-19(22)21(20)26-15-17-8-6-16(2)7-9-17;;/h6-9,12-13,23H,5,10-11,14-15H2,1-4H3;2*1H.